The number of likely N-dealkylation sites (N-methyl/N-ethyl adjacent to an activating group) is 1. The largest absolute Gasteiger partial charge is 0.469 e. The lowest BCUT2D eigenvalue weighted by Crippen LogP contribution is -2.37. The summed E-state index contributed by atoms with van der Waals surface area (Å²) in [5.74, 6) is 1.09. The first kappa shape index (κ1) is 19.7. The number of benzene rings is 1. The summed E-state index contributed by atoms with van der Waals surface area (Å²) in [6, 6.07) is 11.5. The van der Waals surface area contributed by atoms with E-state index >= 15 is 0 Å². The van der Waals surface area contributed by atoms with Crippen LogP contribution in [0.4, 0.5) is 0 Å². The van der Waals surface area contributed by atoms with Gasteiger partial charge in [0.1, 0.15) is 5.76 Å². The summed E-state index contributed by atoms with van der Waals surface area (Å²) in [5, 5.41) is 11.8. The number of para-hydroxylation sites is 1. The summed E-state index contributed by atoms with van der Waals surface area (Å²) < 4.78 is 7.29. The van der Waals surface area contributed by atoms with Crippen LogP contribution in [-0.4, -0.2) is 57.9 Å². The van der Waals surface area contributed by atoms with E-state index in [1.165, 1.54) is 16.7 Å². The van der Waals surface area contributed by atoms with Crippen LogP contribution >= 0.6 is 11.8 Å². The molecular weight excluding hydrogens is 378 g/mol. The monoisotopic (exact) mass is 399 g/mol. The topological polar surface area (TPSA) is 93.3 Å². The normalized spacial score (nSPS) is 10.7. The zero-order valence-electron chi connectivity index (χ0n) is 15.9. The molecule has 0 fully saturated rings. The van der Waals surface area contributed by atoms with Crippen molar-refractivity contribution in [1.29, 1.82) is 0 Å². The number of hydrogen-bond acceptors (Lipinski definition) is 6. The summed E-state index contributed by atoms with van der Waals surface area (Å²) in [4.78, 5) is 25.1. The standard InChI is InChI=1S/C19H21N5O3S/c1-13-15(9-10-27-13)18-21-22-19(24(18)14-7-5-4-6-8-14)28-12-16(25)20-11-17(26)23(2)3/h4-10H,11-12H2,1-3H3,(H,20,25). The number of rotatable bonds is 7. The second-order valence-electron chi connectivity index (χ2n) is 6.22. The van der Waals surface area contributed by atoms with Crippen LogP contribution in [-0.2, 0) is 9.59 Å². The number of amides is 2. The van der Waals surface area contributed by atoms with Gasteiger partial charge in [-0.05, 0) is 25.1 Å². The van der Waals surface area contributed by atoms with Crippen molar-refractivity contribution in [3.05, 3.63) is 48.4 Å². The Morgan fingerprint density at radius 2 is 1.93 bits per heavy atom. The molecule has 28 heavy (non-hydrogen) atoms. The van der Waals surface area contributed by atoms with E-state index in [0.717, 1.165) is 17.0 Å². The molecule has 0 saturated carbocycles. The lowest BCUT2D eigenvalue weighted by atomic mass is 10.2. The van der Waals surface area contributed by atoms with Crippen LogP contribution in [0.3, 0.4) is 0 Å². The fraction of sp³-hybridized carbons (Fsp3) is 0.263. The molecule has 2 amide bonds. The highest BCUT2D eigenvalue weighted by Gasteiger charge is 2.19. The van der Waals surface area contributed by atoms with Gasteiger partial charge in [0.2, 0.25) is 11.8 Å². The van der Waals surface area contributed by atoms with E-state index in [9.17, 15) is 9.59 Å². The molecule has 0 saturated heterocycles. The van der Waals surface area contributed by atoms with Gasteiger partial charge in [0, 0.05) is 19.8 Å². The van der Waals surface area contributed by atoms with E-state index in [1.807, 2.05) is 47.9 Å². The molecular formula is C19H21N5O3S. The molecule has 0 aliphatic carbocycles. The fourth-order valence-electron chi connectivity index (χ4n) is 2.48. The predicted octanol–water partition coefficient (Wildman–Crippen LogP) is 2.13. The van der Waals surface area contributed by atoms with Crippen molar-refractivity contribution < 1.29 is 14.0 Å². The van der Waals surface area contributed by atoms with Crippen molar-refractivity contribution in [2.24, 2.45) is 0 Å². The predicted molar refractivity (Wildman–Crippen MR) is 106 cm³/mol. The molecule has 0 radical (unpaired) electrons. The third-order valence-electron chi connectivity index (χ3n) is 4.02. The van der Waals surface area contributed by atoms with Gasteiger partial charge in [0.15, 0.2) is 11.0 Å². The van der Waals surface area contributed by atoms with E-state index in [4.69, 9.17) is 4.42 Å². The first-order valence-corrected chi connectivity index (χ1v) is 9.61. The molecule has 9 heteroatoms. The Hall–Kier alpha value is -3.07. The van der Waals surface area contributed by atoms with Crippen LogP contribution in [0.5, 0.6) is 0 Å². The molecule has 0 bridgehead atoms. The summed E-state index contributed by atoms with van der Waals surface area (Å²) >= 11 is 1.26. The third-order valence-corrected chi connectivity index (χ3v) is 4.94. The van der Waals surface area contributed by atoms with Gasteiger partial charge in [-0.15, -0.1) is 10.2 Å². The van der Waals surface area contributed by atoms with E-state index in [2.05, 4.69) is 15.5 Å². The molecule has 1 aromatic carbocycles. The molecule has 0 atom stereocenters. The molecule has 8 nitrogen and oxygen atoms in total. The minimum atomic E-state index is -0.246. The number of carbonyl (C=O) groups excluding carboxylic acids is 2. The zero-order valence-corrected chi connectivity index (χ0v) is 16.7. The molecule has 0 aliphatic heterocycles. The molecule has 146 valence electrons. The average molecular weight is 399 g/mol. The zero-order chi connectivity index (χ0) is 20.1. The molecule has 0 spiro atoms. The Labute approximate surface area is 166 Å². The Morgan fingerprint density at radius 1 is 1.18 bits per heavy atom. The van der Waals surface area contributed by atoms with Crippen molar-refractivity contribution in [1.82, 2.24) is 25.0 Å². The van der Waals surface area contributed by atoms with Gasteiger partial charge in [-0.2, -0.15) is 0 Å². The Bertz CT molecular complexity index is 965. The molecule has 1 N–H and O–H groups in total. The van der Waals surface area contributed by atoms with Crippen LogP contribution in [0.15, 0.2) is 52.2 Å². The number of thioether (sulfide) groups is 1. The number of nitrogens with one attached hydrogen (secondary N) is 1. The Kier molecular flexibility index (Phi) is 6.15. The van der Waals surface area contributed by atoms with E-state index in [1.54, 1.807) is 20.4 Å². The van der Waals surface area contributed by atoms with Gasteiger partial charge >= 0.3 is 0 Å². The second kappa shape index (κ2) is 8.75. The fourth-order valence-corrected chi connectivity index (χ4v) is 3.26. The number of furan rings is 1. The van der Waals surface area contributed by atoms with Gasteiger partial charge in [-0.1, -0.05) is 30.0 Å². The van der Waals surface area contributed by atoms with Crippen molar-refractivity contribution in [2.75, 3.05) is 26.4 Å². The van der Waals surface area contributed by atoms with Crippen LogP contribution in [0.2, 0.25) is 0 Å². The van der Waals surface area contributed by atoms with Gasteiger partial charge < -0.3 is 14.6 Å². The van der Waals surface area contributed by atoms with Crippen molar-refractivity contribution in [3.8, 4) is 17.1 Å². The van der Waals surface area contributed by atoms with Crippen LogP contribution in [0.25, 0.3) is 17.1 Å². The highest BCUT2D eigenvalue weighted by atomic mass is 32.2. The average Bonchev–Trinajstić information content (AvgIpc) is 3.30. The maximum Gasteiger partial charge on any atom is 0.241 e. The highest BCUT2D eigenvalue weighted by molar-refractivity contribution is 7.99. The molecule has 0 aliphatic rings. The maximum atomic E-state index is 12.1. The number of aromatic nitrogens is 3. The van der Waals surface area contributed by atoms with Crippen LogP contribution in [0, 0.1) is 6.92 Å². The van der Waals surface area contributed by atoms with Gasteiger partial charge in [-0.25, -0.2) is 0 Å². The Morgan fingerprint density at radius 3 is 2.57 bits per heavy atom. The first-order chi connectivity index (χ1) is 13.5. The first-order valence-electron chi connectivity index (χ1n) is 8.62. The van der Waals surface area contributed by atoms with Gasteiger partial charge in [0.05, 0.1) is 24.1 Å². The van der Waals surface area contributed by atoms with Crippen molar-refractivity contribution >= 4 is 23.6 Å². The van der Waals surface area contributed by atoms with Gasteiger partial charge in [-0.3, -0.25) is 14.2 Å². The summed E-state index contributed by atoms with van der Waals surface area (Å²) in [7, 11) is 3.29. The van der Waals surface area contributed by atoms with E-state index < -0.39 is 0 Å². The number of hydrogen-bond donors (Lipinski definition) is 1. The summed E-state index contributed by atoms with van der Waals surface area (Å²) in [6.07, 6.45) is 1.61. The molecule has 3 aromatic rings. The summed E-state index contributed by atoms with van der Waals surface area (Å²) in [6.45, 7) is 1.83. The van der Waals surface area contributed by atoms with E-state index in [-0.39, 0.29) is 24.1 Å². The summed E-state index contributed by atoms with van der Waals surface area (Å²) in [5.41, 5.74) is 1.72. The van der Waals surface area contributed by atoms with Crippen molar-refractivity contribution in [2.45, 2.75) is 12.1 Å². The van der Waals surface area contributed by atoms with Crippen molar-refractivity contribution in [3.63, 3.8) is 0 Å². The minimum absolute atomic E-state index is 0.0305. The molecule has 2 heterocycles. The molecule has 3 rings (SSSR count). The maximum absolute atomic E-state index is 12.1. The number of aryl methyl sites for hydroxylation is 1. The smallest absolute Gasteiger partial charge is 0.241 e. The second-order valence-corrected chi connectivity index (χ2v) is 7.16. The number of nitrogens with zero attached hydrogens (tertiary/aromatic N) is 4. The highest BCUT2D eigenvalue weighted by Crippen LogP contribution is 2.30. The molecule has 2 aromatic heterocycles. The van der Waals surface area contributed by atoms with Gasteiger partial charge in [0.25, 0.3) is 0 Å². The van der Waals surface area contributed by atoms with Crippen LogP contribution in [0.1, 0.15) is 5.76 Å². The SMILES string of the molecule is Cc1occc1-c1nnc(SCC(=O)NCC(=O)N(C)C)n1-c1ccccc1. The lowest BCUT2D eigenvalue weighted by Gasteiger charge is -2.11. The van der Waals surface area contributed by atoms with Crippen LogP contribution < -0.4 is 5.32 Å². The molecule has 0 unspecified atom stereocenters. The number of carbonyl (C=O) groups is 2. The minimum Gasteiger partial charge on any atom is -0.469 e. The third kappa shape index (κ3) is 4.42. The lowest BCUT2D eigenvalue weighted by molar-refractivity contribution is -0.130. The quantitative estimate of drug-likeness (QED) is 0.612. The van der Waals surface area contributed by atoms with E-state index in [0.29, 0.717) is 11.0 Å². The Balaban J connectivity index is 1.80.